The van der Waals surface area contributed by atoms with Gasteiger partial charge in [-0.2, -0.15) is 0 Å². The van der Waals surface area contributed by atoms with Crippen LogP contribution in [-0.4, -0.2) is 72.7 Å². The van der Waals surface area contributed by atoms with Gasteiger partial charge < -0.3 is 30.5 Å². The standard InChI is InChI=1S/C25H32N6O3/c1-16-23(17-7-9-28-22(12-17)27-3)30-25(31-24(16)29-19-8-10-33-14-19)18-5-4-6-21(11-18)34-15-20(32)13-26-2/h4-7,9,11-12,19-20,26,32H,8,10,13-15H2,1-3H3,(H,27,28)(H,29,30,31). The number of hydrogen-bond donors (Lipinski definition) is 4. The molecular formula is C25H32N6O3. The minimum absolute atomic E-state index is 0.197. The lowest BCUT2D eigenvalue weighted by molar-refractivity contribution is 0.108. The van der Waals surface area contributed by atoms with Crippen LogP contribution in [0.1, 0.15) is 12.0 Å². The molecule has 1 aliphatic heterocycles. The third-order valence-corrected chi connectivity index (χ3v) is 5.68. The number of nitrogens with one attached hydrogen (secondary N) is 3. The molecule has 1 fully saturated rings. The van der Waals surface area contributed by atoms with Crippen LogP contribution >= 0.6 is 0 Å². The summed E-state index contributed by atoms with van der Waals surface area (Å²) >= 11 is 0. The molecule has 0 spiro atoms. The molecular weight excluding hydrogens is 432 g/mol. The maximum absolute atomic E-state index is 9.96. The molecule has 1 aromatic carbocycles. The van der Waals surface area contributed by atoms with E-state index in [1.165, 1.54) is 0 Å². The van der Waals surface area contributed by atoms with Crippen LogP contribution < -0.4 is 20.7 Å². The number of pyridine rings is 1. The molecule has 9 nitrogen and oxygen atoms in total. The third-order valence-electron chi connectivity index (χ3n) is 5.68. The van der Waals surface area contributed by atoms with E-state index in [-0.39, 0.29) is 12.6 Å². The Balaban J connectivity index is 1.71. The summed E-state index contributed by atoms with van der Waals surface area (Å²) in [5.41, 5.74) is 3.58. The lowest BCUT2D eigenvalue weighted by Crippen LogP contribution is -2.29. The van der Waals surface area contributed by atoms with Crippen molar-refractivity contribution in [3.63, 3.8) is 0 Å². The van der Waals surface area contributed by atoms with Gasteiger partial charge in [0.1, 0.15) is 30.1 Å². The molecule has 4 rings (SSSR count). The first-order valence-electron chi connectivity index (χ1n) is 11.5. The van der Waals surface area contributed by atoms with Gasteiger partial charge in [-0.3, -0.25) is 0 Å². The average Bonchev–Trinajstić information content (AvgIpc) is 3.37. The summed E-state index contributed by atoms with van der Waals surface area (Å²) in [4.78, 5) is 14.1. The molecule has 9 heteroatoms. The highest BCUT2D eigenvalue weighted by molar-refractivity contribution is 5.73. The highest BCUT2D eigenvalue weighted by Gasteiger charge is 2.20. The molecule has 1 aliphatic rings. The maximum Gasteiger partial charge on any atom is 0.162 e. The topological polar surface area (TPSA) is 113 Å². The number of likely N-dealkylation sites (N-methyl/N-ethyl adjacent to an activating group) is 1. The first-order chi connectivity index (χ1) is 16.6. The smallest absolute Gasteiger partial charge is 0.162 e. The van der Waals surface area contributed by atoms with Crippen molar-refractivity contribution < 1.29 is 14.6 Å². The van der Waals surface area contributed by atoms with Crippen molar-refractivity contribution in [1.82, 2.24) is 20.3 Å². The van der Waals surface area contributed by atoms with Crippen LogP contribution in [0.3, 0.4) is 0 Å². The number of nitrogens with zero attached hydrogens (tertiary/aromatic N) is 3. The highest BCUT2D eigenvalue weighted by Crippen LogP contribution is 2.31. The number of aliphatic hydroxyl groups excluding tert-OH is 1. The van der Waals surface area contributed by atoms with Gasteiger partial charge in [0.15, 0.2) is 5.82 Å². The van der Waals surface area contributed by atoms with Gasteiger partial charge in [-0.15, -0.1) is 0 Å². The number of ether oxygens (including phenoxy) is 2. The van der Waals surface area contributed by atoms with Gasteiger partial charge in [0.25, 0.3) is 0 Å². The molecule has 2 atom stereocenters. The van der Waals surface area contributed by atoms with E-state index in [1.807, 2.05) is 50.4 Å². The van der Waals surface area contributed by atoms with Crippen molar-refractivity contribution in [1.29, 1.82) is 0 Å². The molecule has 2 aromatic heterocycles. The summed E-state index contributed by atoms with van der Waals surface area (Å²) < 4.78 is 11.3. The quantitative estimate of drug-likeness (QED) is 0.360. The van der Waals surface area contributed by atoms with Gasteiger partial charge in [-0.25, -0.2) is 15.0 Å². The van der Waals surface area contributed by atoms with Crippen LogP contribution in [0.15, 0.2) is 42.6 Å². The molecule has 0 aliphatic carbocycles. The monoisotopic (exact) mass is 464 g/mol. The van der Waals surface area contributed by atoms with Gasteiger partial charge in [-0.05, 0) is 44.7 Å². The number of aromatic nitrogens is 3. The van der Waals surface area contributed by atoms with Crippen LogP contribution in [0.4, 0.5) is 11.6 Å². The van der Waals surface area contributed by atoms with Gasteiger partial charge in [0, 0.05) is 43.1 Å². The lowest BCUT2D eigenvalue weighted by atomic mass is 10.1. The van der Waals surface area contributed by atoms with E-state index in [0.717, 1.165) is 47.0 Å². The normalized spacial score (nSPS) is 16.3. The average molecular weight is 465 g/mol. The van der Waals surface area contributed by atoms with Crippen LogP contribution in [0, 0.1) is 6.92 Å². The zero-order valence-corrected chi connectivity index (χ0v) is 19.8. The van der Waals surface area contributed by atoms with E-state index in [4.69, 9.17) is 19.4 Å². The van der Waals surface area contributed by atoms with E-state index in [2.05, 4.69) is 20.9 Å². The number of aliphatic hydroxyl groups is 1. The van der Waals surface area contributed by atoms with Crippen molar-refractivity contribution in [2.75, 3.05) is 51.1 Å². The lowest BCUT2D eigenvalue weighted by Gasteiger charge is -2.18. The summed E-state index contributed by atoms with van der Waals surface area (Å²) in [5.74, 6) is 2.80. The Labute approximate surface area is 200 Å². The summed E-state index contributed by atoms with van der Waals surface area (Å²) in [5, 5.41) is 19.5. The van der Waals surface area contributed by atoms with Gasteiger partial charge in [0.2, 0.25) is 0 Å². The number of anilines is 2. The Hall–Kier alpha value is -3.27. The Morgan fingerprint density at radius 1 is 1.18 bits per heavy atom. The Bertz CT molecular complexity index is 1100. The van der Waals surface area contributed by atoms with Crippen LogP contribution in [0.25, 0.3) is 22.6 Å². The second kappa shape index (κ2) is 11.2. The SMILES string of the molecule is CNCC(O)COc1cccc(-c2nc(NC3CCOC3)c(C)c(-c3ccnc(NC)c3)n2)c1. The fourth-order valence-electron chi connectivity index (χ4n) is 3.84. The van der Waals surface area contributed by atoms with Crippen LogP contribution in [0.5, 0.6) is 5.75 Å². The minimum atomic E-state index is -0.589. The fourth-order valence-corrected chi connectivity index (χ4v) is 3.84. The van der Waals surface area contributed by atoms with E-state index in [9.17, 15) is 5.11 Å². The second-order valence-corrected chi connectivity index (χ2v) is 8.30. The summed E-state index contributed by atoms with van der Waals surface area (Å²) in [6.45, 7) is 4.09. The first-order valence-corrected chi connectivity index (χ1v) is 11.5. The molecule has 0 saturated carbocycles. The molecule has 0 radical (unpaired) electrons. The predicted octanol–water partition coefficient (Wildman–Crippen LogP) is 2.72. The van der Waals surface area contributed by atoms with Crippen molar-refractivity contribution in [3.05, 3.63) is 48.2 Å². The fraction of sp³-hybridized carbons (Fsp3) is 0.400. The molecule has 34 heavy (non-hydrogen) atoms. The number of benzene rings is 1. The zero-order valence-electron chi connectivity index (χ0n) is 19.8. The Kier molecular flexibility index (Phi) is 7.89. The van der Waals surface area contributed by atoms with E-state index in [1.54, 1.807) is 13.2 Å². The Morgan fingerprint density at radius 2 is 2.06 bits per heavy atom. The number of rotatable bonds is 10. The van der Waals surface area contributed by atoms with Crippen molar-refractivity contribution in [2.24, 2.45) is 0 Å². The van der Waals surface area contributed by atoms with E-state index in [0.29, 0.717) is 24.7 Å². The third kappa shape index (κ3) is 5.80. The Morgan fingerprint density at radius 3 is 2.82 bits per heavy atom. The predicted molar refractivity (Wildman–Crippen MR) is 133 cm³/mol. The van der Waals surface area contributed by atoms with Crippen LogP contribution in [0.2, 0.25) is 0 Å². The maximum atomic E-state index is 9.96. The zero-order chi connectivity index (χ0) is 23.9. The molecule has 0 amide bonds. The van der Waals surface area contributed by atoms with Gasteiger partial charge >= 0.3 is 0 Å². The molecule has 2 unspecified atom stereocenters. The molecule has 4 N–H and O–H groups in total. The molecule has 1 saturated heterocycles. The molecule has 3 aromatic rings. The summed E-state index contributed by atoms with van der Waals surface area (Å²) in [7, 11) is 3.64. The molecule has 0 bridgehead atoms. The summed E-state index contributed by atoms with van der Waals surface area (Å²) in [6.07, 6.45) is 2.12. The van der Waals surface area contributed by atoms with Crippen LogP contribution in [-0.2, 0) is 4.74 Å². The molecule has 3 heterocycles. The molecule has 180 valence electrons. The van der Waals surface area contributed by atoms with Crippen molar-refractivity contribution in [2.45, 2.75) is 25.5 Å². The minimum Gasteiger partial charge on any atom is -0.491 e. The van der Waals surface area contributed by atoms with Gasteiger partial charge in [0.05, 0.1) is 18.3 Å². The summed E-state index contributed by atoms with van der Waals surface area (Å²) in [6, 6.07) is 11.8. The largest absolute Gasteiger partial charge is 0.491 e. The van der Waals surface area contributed by atoms with Crippen molar-refractivity contribution in [3.8, 4) is 28.4 Å². The van der Waals surface area contributed by atoms with Gasteiger partial charge in [-0.1, -0.05) is 12.1 Å². The number of hydrogen-bond acceptors (Lipinski definition) is 9. The second-order valence-electron chi connectivity index (χ2n) is 8.30. The van der Waals surface area contributed by atoms with E-state index < -0.39 is 6.10 Å². The van der Waals surface area contributed by atoms with E-state index >= 15 is 0 Å². The highest BCUT2D eigenvalue weighted by atomic mass is 16.5. The first kappa shape index (κ1) is 23.9. The van der Waals surface area contributed by atoms with Crippen molar-refractivity contribution >= 4 is 11.6 Å².